The largest absolute Gasteiger partial charge is 0.481 e. The molecule has 1 N–H and O–H groups in total. The lowest BCUT2D eigenvalue weighted by atomic mass is 10.2. The number of aliphatic carboxylic acids is 1. The van der Waals surface area contributed by atoms with E-state index in [4.69, 9.17) is 9.84 Å². The Morgan fingerprint density at radius 2 is 1.87 bits per heavy atom. The van der Waals surface area contributed by atoms with Crippen molar-refractivity contribution >= 4 is 63.5 Å². The summed E-state index contributed by atoms with van der Waals surface area (Å²) in [4.78, 5) is 51.2. The molecule has 160 valence electrons. The number of hydrogen-bond donors (Lipinski definition) is 1. The van der Waals surface area contributed by atoms with Crippen LogP contribution in [0.5, 0.6) is 5.75 Å². The smallest absolute Gasteiger partial charge is 0.341 e. The van der Waals surface area contributed by atoms with Gasteiger partial charge in [-0.2, -0.15) is 0 Å². The van der Waals surface area contributed by atoms with Gasteiger partial charge in [0, 0.05) is 13.1 Å². The van der Waals surface area contributed by atoms with Crippen molar-refractivity contribution < 1.29 is 29.0 Å². The van der Waals surface area contributed by atoms with Crippen LogP contribution in [0.4, 0.5) is 4.79 Å². The Hall–Kier alpha value is -2.08. The molecule has 10 heteroatoms. The molecule has 2 aliphatic rings. The van der Waals surface area contributed by atoms with Crippen LogP contribution in [0.2, 0.25) is 0 Å². The average molecular weight is 544 g/mol. The minimum atomic E-state index is -1.07. The average Bonchev–Trinajstić information content (AvgIpc) is 2.90. The highest BCUT2D eigenvalue weighted by atomic mass is 127. The van der Waals surface area contributed by atoms with Crippen LogP contribution in [-0.2, 0) is 14.4 Å². The first-order chi connectivity index (χ1) is 14.3. The molecule has 0 bridgehead atoms. The van der Waals surface area contributed by atoms with Crippen LogP contribution in [0.1, 0.15) is 31.2 Å². The van der Waals surface area contributed by atoms with E-state index in [0.29, 0.717) is 28.0 Å². The van der Waals surface area contributed by atoms with Gasteiger partial charge >= 0.3 is 5.97 Å². The molecule has 1 aromatic rings. The zero-order chi connectivity index (χ0) is 21.7. The topological polar surface area (TPSA) is 104 Å². The van der Waals surface area contributed by atoms with Gasteiger partial charge in [0.2, 0.25) is 5.91 Å². The molecule has 0 atom stereocenters. The summed E-state index contributed by atoms with van der Waals surface area (Å²) in [5.41, 5.74) is 0.673. The predicted molar refractivity (Wildman–Crippen MR) is 120 cm³/mol. The molecule has 0 aliphatic carbocycles. The Kier molecular flexibility index (Phi) is 7.75. The number of ether oxygens (including phenoxy) is 1. The normalized spacial score (nSPS) is 18.6. The highest BCUT2D eigenvalue weighted by Crippen LogP contribution is 2.33. The van der Waals surface area contributed by atoms with Gasteiger partial charge in [0.05, 0.1) is 8.48 Å². The highest BCUT2D eigenvalue weighted by molar-refractivity contribution is 14.1. The maximum atomic E-state index is 12.7. The second kappa shape index (κ2) is 10.3. The summed E-state index contributed by atoms with van der Waals surface area (Å²) in [5, 5.41) is 8.25. The molecule has 0 aromatic heterocycles. The minimum absolute atomic E-state index is 0.199. The summed E-state index contributed by atoms with van der Waals surface area (Å²) < 4.78 is 5.86. The molecule has 2 saturated heterocycles. The summed E-state index contributed by atoms with van der Waals surface area (Å²) in [5.74, 6) is -1.33. The molecule has 0 saturated carbocycles. The fourth-order valence-electron chi connectivity index (χ4n) is 3.21. The number of carbonyl (C=O) groups excluding carboxylic acids is 3. The van der Waals surface area contributed by atoms with Crippen LogP contribution in [0.3, 0.4) is 0 Å². The Morgan fingerprint density at radius 1 is 1.17 bits per heavy atom. The number of carboxylic acid groups (broad SMARTS) is 1. The van der Waals surface area contributed by atoms with E-state index in [2.05, 4.69) is 0 Å². The van der Waals surface area contributed by atoms with Crippen molar-refractivity contribution in [2.45, 2.75) is 25.7 Å². The van der Waals surface area contributed by atoms with Gasteiger partial charge in [-0.15, -0.1) is 0 Å². The fraction of sp³-hybridized carbons (Fsp3) is 0.400. The van der Waals surface area contributed by atoms with Gasteiger partial charge in [-0.1, -0.05) is 18.9 Å². The molecular formula is C20H21IN2O6S. The number of carboxylic acids is 1. The number of benzene rings is 1. The van der Waals surface area contributed by atoms with Crippen molar-refractivity contribution in [2.24, 2.45) is 0 Å². The molecule has 3 amide bonds. The number of thioether (sulfide) groups is 1. The molecule has 30 heavy (non-hydrogen) atoms. The van der Waals surface area contributed by atoms with Gasteiger partial charge in [0.1, 0.15) is 12.3 Å². The van der Waals surface area contributed by atoms with Gasteiger partial charge < -0.3 is 14.7 Å². The summed E-state index contributed by atoms with van der Waals surface area (Å²) in [6.45, 7) is 0.653. The second-order valence-electron chi connectivity index (χ2n) is 6.94. The number of imide groups is 1. The molecule has 0 unspecified atom stereocenters. The van der Waals surface area contributed by atoms with Crippen LogP contribution >= 0.6 is 34.4 Å². The van der Waals surface area contributed by atoms with Gasteiger partial charge in [0.15, 0.2) is 6.61 Å². The summed E-state index contributed by atoms with van der Waals surface area (Å²) in [7, 11) is 0. The molecule has 0 spiro atoms. The molecular weight excluding hydrogens is 523 g/mol. The van der Waals surface area contributed by atoms with E-state index in [1.807, 2.05) is 22.6 Å². The number of rotatable bonds is 6. The summed E-state index contributed by atoms with van der Waals surface area (Å²) in [6, 6.07) is 5.02. The Morgan fingerprint density at radius 3 is 2.50 bits per heavy atom. The molecule has 0 radical (unpaired) electrons. The predicted octanol–water partition coefficient (Wildman–Crippen LogP) is 3.19. The SMILES string of the molecule is O=C(O)COc1ccc(C=C2SC(=O)N(CC(=O)N3CCCCCC3)C2=O)cc1I. The molecule has 1 aromatic carbocycles. The highest BCUT2D eigenvalue weighted by Gasteiger charge is 2.37. The lowest BCUT2D eigenvalue weighted by Gasteiger charge is -2.22. The van der Waals surface area contributed by atoms with Gasteiger partial charge in [-0.05, 0) is 71.0 Å². The fourth-order valence-corrected chi connectivity index (χ4v) is 4.74. The first kappa shape index (κ1) is 22.6. The van der Waals surface area contributed by atoms with Crippen molar-refractivity contribution in [3.63, 3.8) is 0 Å². The van der Waals surface area contributed by atoms with E-state index < -0.39 is 23.7 Å². The van der Waals surface area contributed by atoms with E-state index in [9.17, 15) is 19.2 Å². The van der Waals surface area contributed by atoms with E-state index in [1.54, 1.807) is 29.2 Å². The standard InChI is InChI=1S/C20H21IN2O6S/c21-14-9-13(5-6-15(14)29-12-18(25)26)10-16-19(27)23(20(28)30-16)11-17(24)22-7-3-1-2-4-8-22/h5-6,9-10H,1-4,7-8,11-12H2,(H,25,26). The van der Waals surface area contributed by atoms with Crippen molar-refractivity contribution in [2.75, 3.05) is 26.2 Å². The van der Waals surface area contributed by atoms with Crippen molar-refractivity contribution in [1.29, 1.82) is 0 Å². The van der Waals surface area contributed by atoms with Crippen molar-refractivity contribution in [3.8, 4) is 5.75 Å². The number of halogens is 1. The van der Waals surface area contributed by atoms with Crippen LogP contribution in [0.15, 0.2) is 23.1 Å². The monoisotopic (exact) mass is 544 g/mol. The molecule has 8 nitrogen and oxygen atoms in total. The van der Waals surface area contributed by atoms with Gasteiger partial charge in [-0.25, -0.2) is 4.79 Å². The van der Waals surface area contributed by atoms with Crippen LogP contribution in [-0.4, -0.2) is 64.2 Å². The van der Waals surface area contributed by atoms with Gasteiger partial charge in [0.25, 0.3) is 11.1 Å². The van der Waals surface area contributed by atoms with Crippen molar-refractivity contribution in [3.05, 3.63) is 32.2 Å². The third kappa shape index (κ3) is 5.75. The lowest BCUT2D eigenvalue weighted by Crippen LogP contribution is -2.42. The first-order valence-electron chi connectivity index (χ1n) is 9.52. The molecule has 2 aliphatic heterocycles. The third-order valence-corrected chi connectivity index (χ3v) is 6.48. The quantitative estimate of drug-likeness (QED) is 0.434. The van der Waals surface area contributed by atoms with E-state index >= 15 is 0 Å². The van der Waals surface area contributed by atoms with E-state index in [0.717, 1.165) is 42.3 Å². The zero-order valence-electron chi connectivity index (χ0n) is 16.1. The van der Waals surface area contributed by atoms with Crippen LogP contribution in [0, 0.1) is 3.57 Å². The molecule has 2 heterocycles. The Bertz CT molecular complexity index is 895. The number of nitrogens with zero attached hydrogens (tertiary/aromatic N) is 2. The Balaban J connectivity index is 1.67. The van der Waals surface area contributed by atoms with Gasteiger partial charge in [-0.3, -0.25) is 19.3 Å². The molecule has 3 rings (SSSR count). The maximum absolute atomic E-state index is 12.7. The van der Waals surface area contributed by atoms with Crippen molar-refractivity contribution in [1.82, 2.24) is 9.80 Å². The van der Waals surface area contributed by atoms with Crippen LogP contribution < -0.4 is 4.74 Å². The number of carbonyl (C=O) groups is 4. The summed E-state index contributed by atoms with van der Waals surface area (Å²) in [6.07, 6.45) is 5.65. The van der Waals surface area contributed by atoms with E-state index in [-0.39, 0.29) is 17.4 Å². The maximum Gasteiger partial charge on any atom is 0.341 e. The second-order valence-corrected chi connectivity index (χ2v) is 9.09. The minimum Gasteiger partial charge on any atom is -0.481 e. The summed E-state index contributed by atoms with van der Waals surface area (Å²) >= 11 is 2.82. The lowest BCUT2D eigenvalue weighted by molar-refractivity contribution is -0.139. The number of hydrogen-bond acceptors (Lipinski definition) is 6. The Labute approximate surface area is 191 Å². The zero-order valence-corrected chi connectivity index (χ0v) is 19.1. The van der Waals surface area contributed by atoms with Crippen LogP contribution in [0.25, 0.3) is 6.08 Å². The number of likely N-dealkylation sites (tertiary alicyclic amines) is 1. The first-order valence-corrected chi connectivity index (χ1v) is 11.4. The molecule has 2 fully saturated rings. The third-order valence-electron chi connectivity index (χ3n) is 4.73. The van der Waals surface area contributed by atoms with E-state index in [1.165, 1.54) is 0 Å². The number of amides is 3.